The number of furan rings is 2. The molecule has 0 bridgehead atoms. The number of rotatable bonds is 7. The topological polar surface area (TPSA) is 85.5 Å². The van der Waals surface area contributed by atoms with Crippen molar-refractivity contribution in [3.63, 3.8) is 0 Å². The summed E-state index contributed by atoms with van der Waals surface area (Å²) >= 11 is 0. The van der Waals surface area contributed by atoms with Crippen LogP contribution in [-0.4, -0.2) is 21.0 Å². The molecule has 0 aliphatic carbocycles. The fourth-order valence-electron chi connectivity index (χ4n) is 3.47. The van der Waals surface area contributed by atoms with Gasteiger partial charge in [0.1, 0.15) is 11.5 Å². The van der Waals surface area contributed by atoms with Crippen LogP contribution in [0.5, 0.6) is 0 Å². The maximum Gasteiger partial charge on any atom is 0.254 e. The first-order valence-electron chi connectivity index (χ1n) is 10.5. The molecule has 0 unspecified atom stereocenters. The molecule has 164 valence electrons. The first kappa shape index (κ1) is 20.5. The third-order valence-corrected chi connectivity index (χ3v) is 5.24. The van der Waals surface area contributed by atoms with Crippen molar-refractivity contribution >= 4 is 5.91 Å². The molecule has 0 saturated carbocycles. The monoisotopic (exact) mass is 439 g/mol. The van der Waals surface area contributed by atoms with Crippen molar-refractivity contribution < 1.29 is 18.0 Å². The van der Waals surface area contributed by atoms with E-state index in [-0.39, 0.29) is 5.91 Å². The van der Waals surface area contributed by atoms with Crippen molar-refractivity contribution in [3.05, 3.63) is 108 Å². The number of carbonyl (C=O) groups is 1. The lowest BCUT2D eigenvalue weighted by Gasteiger charge is -2.20. The van der Waals surface area contributed by atoms with Crippen LogP contribution in [0, 0.1) is 6.92 Å². The third kappa shape index (κ3) is 4.62. The Hall–Kier alpha value is -4.39. The maximum atomic E-state index is 13.3. The highest BCUT2D eigenvalue weighted by Crippen LogP contribution is 2.25. The minimum atomic E-state index is -0.139. The Balaban J connectivity index is 1.35. The second-order valence-electron chi connectivity index (χ2n) is 7.68. The zero-order chi connectivity index (χ0) is 22.6. The van der Waals surface area contributed by atoms with Gasteiger partial charge in [-0.25, -0.2) is 0 Å². The van der Waals surface area contributed by atoms with Gasteiger partial charge >= 0.3 is 0 Å². The summed E-state index contributed by atoms with van der Waals surface area (Å²) in [6, 6.07) is 22.3. The molecule has 0 aliphatic rings. The zero-order valence-corrected chi connectivity index (χ0v) is 18.0. The molecule has 0 fully saturated rings. The molecule has 3 heterocycles. The van der Waals surface area contributed by atoms with E-state index in [4.69, 9.17) is 13.3 Å². The highest BCUT2D eigenvalue weighted by atomic mass is 16.4. The summed E-state index contributed by atoms with van der Waals surface area (Å²) in [5.74, 6) is 2.10. The number of aryl methyl sites for hydroxylation is 1. The fourth-order valence-corrected chi connectivity index (χ4v) is 3.47. The quantitative estimate of drug-likeness (QED) is 0.321. The Labute approximate surface area is 190 Å². The van der Waals surface area contributed by atoms with Crippen molar-refractivity contribution in [1.29, 1.82) is 0 Å². The number of hydrogen-bond donors (Lipinski definition) is 0. The molecular weight excluding hydrogens is 418 g/mol. The first-order valence-corrected chi connectivity index (χ1v) is 10.5. The predicted octanol–water partition coefficient (Wildman–Crippen LogP) is 5.74. The summed E-state index contributed by atoms with van der Waals surface area (Å²) in [4.78, 5) is 14.9. The van der Waals surface area contributed by atoms with Crippen molar-refractivity contribution in [2.24, 2.45) is 0 Å². The van der Waals surface area contributed by atoms with Crippen LogP contribution in [0.3, 0.4) is 0 Å². The normalized spacial score (nSPS) is 10.9. The number of amides is 1. The summed E-state index contributed by atoms with van der Waals surface area (Å²) in [5, 5.41) is 8.31. The molecule has 3 aromatic heterocycles. The lowest BCUT2D eigenvalue weighted by Crippen LogP contribution is -2.29. The van der Waals surface area contributed by atoms with Gasteiger partial charge in [-0.15, -0.1) is 10.2 Å². The number of hydrogen-bond acceptors (Lipinski definition) is 6. The van der Waals surface area contributed by atoms with Gasteiger partial charge in [-0.2, -0.15) is 0 Å². The summed E-state index contributed by atoms with van der Waals surface area (Å²) in [6.45, 7) is 2.69. The van der Waals surface area contributed by atoms with Gasteiger partial charge in [-0.3, -0.25) is 4.79 Å². The SMILES string of the molecule is Cc1ccc(-c2nnc(-c3ccc(C(=O)N(Cc4ccco4)Cc4ccco4)cc3)o2)cc1. The highest BCUT2D eigenvalue weighted by Gasteiger charge is 2.20. The Morgan fingerprint density at radius 2 is 1.27 bits per heavy atom. The molecule has 0 spiro atoms. The van der Waals surface area contributed by atoms with Gasteiger partial charge in [0.2, 0.25) is 11.8 Å². The van der Waals surface area contributed by atoms with Gasteiger partial charge in [-0.05, 0) is 67.6 Å². The van der Waals surface area contributed by atoms with E-state index >= 15 is 0 Å². The molecule has 7 nitrogen and oxygen atoms in total. The molecule has 5 rings (SSSR count). The number of aromatic nitrogens is 2. The lowest BCUT2D eigenvalue weighted by atomic mass is 10.1. The van der Waals surface area contributed by atoms with Crippen LogP contribution in [0.25, 0.3) is 22.9 Å². The Bertz CT molecular complexity index is 1280. The van der Waals surface area contributed by atoms with Crippen LogP contribution in [0.2, 0.25) is 0 Å². The number of benzene rings is 2. The first-order chi connectivity index (χ1) is 16.2. The molecule has 2 aromatic carbocycles. The van der Waals surface area contributed by atoms with Gasteiger partial charge in [0.25, 0.3) is 5.91 Å². The second-order valence-corrected chi connectivity index (χ2v) is 7.68. The van der Waals surface area contributed by atoms with E-state index in [1.165, 1.54) is 0 Å². The standard InChI is InChI=1S/C26H21N3O4/c1-18-6-8-19(9-7-18)24-27-28-25(33-24)20-10-12-21(13-11-20)26(30)29(16-22-4-2-14-31-22)17-23-5-3-15-32-23/h2-15H,16-17H2,1H3. The van der Waals surface area contributed by atoms with Crippen LogP contribution in [0.15, 0.2) is 98.6 Å². The number of nitrogens with zero attached hydrogens (tertiary/aromatic N) is 3. The van der Waals surface area contributed by atoms with E-state index in [9.17, 15) is 4.79 Å². The van der Waals surface area contributed by atoms with Crippen molar-refractivity contribution in [3.8, 4) is 22.9 Å². The summed E-state index contributed by atoms with van der Waals surface area (Å²) in [5.41, 5.74) is 3.29. The largest absolute Gasteiger partial charge is 0.467 e. The van der Waals surface area contributed by atoms with Crippen molar-refractivity contribution in [2.75, 3.05) is 0 Å². The summed E-state index contributed by atoms with van der Waals surface area (Å²) in [6.07, 6.45) is 3.18. The molecule has 1 amide bonds. The predicted molar refractivity (Wildman–Crippen MR) is 121 cm³/mol. The third-order valence-electron chi connectivity index (χ3n) is 5.24. The Kier molecular flexibility index (Phi) is 5.59. The van der Waals surface area contributed by atoms with E-state index < -0.39 is 0 Å². The van der Waals surface area contributed by atoms with Crippen molar-refractivity contribution in [2.45, 2.75) is 20.0 Å². The van der Waals surface area contributed by atoms with Gasteiger partial charge in [-0.1, -0.05) is 17.7 Å². The van der Waals surface area contributed by atoms with Crippen molar-refractivity contribution in [1.82, 2.24) is 15.1 Å². The van der Waals surface area contributed by atoms with Gasteiger partial charge in [0.15, 0.2) is 0 Å². The molecular formula is C26H21N3O4. The van der Waals surface area contributed by atoms with Gasteiger partial charge in [0.05, 0.1) is 25.6 Å². The molecule has 33 heavy (non-hydrogen) atoms. The van der Waals surface area contributed by atoms with Crippen LogP contribution in [0.1, 0.15) is 27.4 Å². The van der Waals surface area contributed by atoms with Crippen LogP contribution < -0.4 is 0 Å². The molecule has 0 aliphatic heterocycles. The Morgan fingerprint density at radius 1 is 0.758 bits per heavy atom. The van der Waals surface area contributed by atoms with E-state index in [0.29, 0.717) is 42.0 Å². The van der Waals surface area contributed by atoms with Gasteiger partial charge < -0.3 is 18.2 Å². The van der Waals surface area contributed by atoms with Gasteiger partial charge in [0, 0.05) is 16.7 Å². The fraction of sp³-hybridized carbons (Fsp3) is 0.115. The number of carbonyl (C=O) groups excluding carboxylic acids is 1. The summed E-state index contributed by atoms with van der Waals surface area (Å²) in [7, 11) is 0. The smallest absolute Gasteiger partial charge is 0.254 e. The summed E-state index contributed by atoms with van der Waals surface area (Å²) < 4.78 is 16.7. The molecule has 7 heteroatoms. The van der Waals surface area contributed by atoms with E-state index in [1.54, 1.807) is 53.8 Å². The zero-order valence-electron chi connectivity index (χ0n) is 18.0. The van der Waals surface area contributed by atoms with Crippen LogP contribution in [-0.2, 0) is 13.1 Å². The minimum Gasteiger partial charge on any atom is -0.467 e. The average Bonchev–Trinajstić information content (AvgIpc) is 3.62. The van der Waals surface area contributed by atoms with E-state index in [1.807, 2.05) is 43.3 Å². The average molecular weight is 439 g/mol. The van der Waals surface area contributed by atoms with E-state index in [2.05, 4.69) is 10.2 Å². The van der Waals surface area contributed by atoms with E-state index in [0.717, 1.165) is 16.7 Å². The minimum absolute atomic E-state index is 0.139. The molecule has 5 aromatic rings. The Morgan fingerprint density at radius 3 is 1.76 bits per heavy atom. The van der Waals surface area contributed by atoms with Crippen LogP contribution >= 0.6 is 0 Å². The maximum absolute atomic E-state index is 13.3. The lowest BCUT2D eigenvalue weighted by molar-refractivity contribution is 0.0705. The molecule has 0 N–H and O–H groups in total. The molecule has 0 saturated heterocycles. The highest BCUT2D eigenvalue weighted by molar-refractivity contribution is 5.94. The second kappa shape index (κ2) is 9.00. The van der Waals surface area contributed by atoms with Crippen LogP contribution in [0.4, 0.5) is 0 Å². The molecule has 0 radical (unpaired) electrons. The molecule has 0 atom stereocenters.